The summed E-state index contributed by atoms with van der Waals surface area (Å²) in [6.45, 7) is 3.58. The molecule has 210 valence electrons. The van der Waals surface area contributed by atoms with Crippen molar-refractivity contribution in [3.63, 3.8) is 0 Å². The van der Waals surface area contributed by atoms with Crippen molar-refractivity contribution >= 4 is 56.6 Å². The molecule has 0 saturated carbocycles. The summed E-state index contributed by atoms with van der Waals surface area (Å²) >= 11 is 10.5. The molecule has 0 N–H and O–H groups in total. The lowest BCUT2D eigenvalue weighted by molar-refractivity contribution is -0.385. The Morgan fingerprint density at radius 2 is 2.07 bits per heavy atom. The largest absolute Gasteiger partial charge is 0.497 e. The van der Waals surface area contributed by atoms with Crippen molar-refractivity contribution in [1.82, 2.24) is 4.57 Å². The normalized spacial score (nSPS) is 15.0. The number of nitrogens with zero attached hydrogens (tertiary/aromatic N) is 3. The highest BCUT2D eigenvalue weighted by Crippen LogP contribution is 2.37. The van der Waals surface area contributed by atoms with Crippen molar-refractivity contribution < 1.29 is 23.6 Å². The third kappa shape index (κ3) is 5.37. The number of nitro groups is 1. The molecular formula is C28H21BrClN3O7S. The van der Waals surface area contributed by atoms with E-state index in [0.29, 0.717) is 43.4 Å². The van der Waals surface area contributed by atoms with Gasteiger partial charge in [0.25, 0.3) is 11.2 Å². The monoisotopic (exact) mass is 657 g/mol. The van der Waals surface area contributed by atoms with Crippen LogP contribution in [0.3, 0.4) is 0 Å². The van der Waals surface area contributed by atoms with Gasteiger partial charge in [0.2, 0.25) is 0 Å². The zero-order chi connectivity index (χ0) is 29.4. The first-order valence-electron chi connectivity index (χ1n) is 12.2. The van der Waals surface area contributed by atoms with Crippen LogP contribution in [0.4, 0.5) is 5.69 Å². The molecule has 3 heterocycles. The van der Waals surface area contributed by atoms with Crippen LogP contribution in [0.25, 0.3) is 17.4 Å². The summed E-state index contributed by atoms with van der Waals surface area (Å²) < 4.78 is 18.6. The average molecular weight is 659 g/mol. The van der Waals surface area contributed by atoms with Gasteiger partial charge in [-0.2, -0.15) is 0 Å². The van der Waals surface area contributed by atoms with Gasteiger partial charge in [0.1, 0.15) is 21.7 Å². The third-order valence-corrected chi connectivity index (χ3v) is 8.66. The molecule has 1 aliphatic rings. The van der Waals surface area contributed by atoms with Crippen molar-refractivity contribution in [2.45, 2.75) is 19.9 Å². The lowest BCUT2D eigenvalue weighted by Crippen LogP contribution is -2.39. The molecule has 13 heteroatoms. The van der Waals surface area contributed by atoms with E-state index in [9.17, 15) is 19.7 Å². The van der Waals surface area contributed by atoms with Crippen LogP contribution in [-0.2, 0) is 9.53 Å². The van der Waals surface area contributed by atoms with Gasteiger partial charge in [-0.25, -0.2) is 9.79 Å². The Morgan fingerprint density at radius 3 is 2.78 bits per heavy atom. The molecule has 0 saturated heterocycles. The van der Waals surface area contributed by atoms with Crippen LogP contribution in [0, 0.1) is 10.1 Å². The summed E-state index contributed by atoms with van der Waals surface area (Å²) in [5, 5.41) is 11.6. The fourth-order valence-electron chi connectivity index (χ4n) is 4.48. The number of methoxy groups -OCH3 is 1. The van der Waals surface area contributed by atoms with Crippen molar-refractivity contribution in [3.8, 4) is 17.1 Å². The number of halogens is 2. The van der Waals surface area contributed by atoms with Gasteiger partial charge in [0.05, 0.1) is 45.5 Å². The molecule has 10 nitrogen and oxygen atoms in total. The number of nitro benzene ring substituents is 1. The molecule has 0 radical (unpaired) electrons. The lowest BCUT2D eigenvalue weighted by Gasteiger charge is -2.24. The second kappa shape index (κ2) is 11.5. The number of ether oxygens (including phenoxy) is 2. The smallest absolute Gasteiger partial charge is 0.338 e. The van der Waals surface area contributed by atoms with Crippen LogP contribution < -0.4 is 19.6 Å². The molecular weight excluding hydrogens is 638 g/mol. The van der Waals surface area contributed by atoms with Gasteiger partial charge in [-0.05, 0) is 65.7 Å². The van der Waals surface area contributed by atoms with Crippen LogP contribution in [-0.4, -0.2) is 29.2 Å². The number of hydrogen-bond donors (Lipinski definition) is 0. The van der Waals surface area contributed by atoms with Gasteiger partial charge >= 0.3 is 5.97 Å². The first kappa shape index (κ1) is 28.5. The van der Waals surface area contributed by atoms with Gasteiger partial charge in [-0.3, -0.25) is 19.5 Å². The molecule has 41 heavy (non-hydrogen) atoms. The van der Waals surface area contributed by atoms with Crippen LogP contribution in [0.5, 0.6) is 5.75 Å². The van der Waals surface area contributed by atoms with E-state index in [1.807, 2.05) is 6.07 Å². The Balaban J connectivity index is 1.63. The number of aromatic nitrogens is 1. The molecule has 1 aliphatic heterocycles. The maximum Gasteiger partial charge on any atom is 0.338 e. The number of benzene rings is 2. The minimum Gasteiger partial charge on any atom is -0.497 e. The number of rotatable bonds is 7. The van der Waals surface area contributed by atoms with Crippen molar-refractivity contribution in [2.24, 2.45) is 4.99 Å². The number of carbonyl (C=O) groups is 1. The second-order valence-electron chi connectivity index (χ2n) is 8.83. The van der Waals surface area contributed by atoms with E-state index in [-0.39, 0.29) is 32.9 Å². The minimum atomic E-state index is -0.792. The Morgan fingerprint density at radius 1 is 1.29 bits per heavy atom. The highest BCUT2D eigenvalue weighted by atomic mass is 79.9. The van der Waals surface area contributed by atoms with E-state index in [2.05, 4.69) is 20.9 Å². The molecule has 0 amide bonds. The van der Waals surface area contributed by atoms with Crippen molar-refractivity contribution in [1.29, 1.82) is 0 Å². The summed E-state index contributed by atoms with van der Waals surface area (Å²) in [6.07, 6.45) is 1.56. The second-order valence-corrected chi connectivity index (χ2v) is 11.0. The first-order chi connectivity index (χ1) is 19.6. The molecule has 2 aromatic carbocycles. The number of esters is 1. The molecule has 0 unspecified atom stereocenters. The summed E-state index contributed by atoms with van der Waals surface area (Å²) in [5.41, 5.74) is 1.17. The summed E-state index contributed by atoms with van der Waals surface area (Å²) in [6, 6.07) is 12.5. The highest BCUT2D eigenvalue weighted by molar-refractivity contribution is 9.10. The molecule has 0 spiro atoms. The van der Waals surface area contributed by atoms with Crippen LogP contribution in [0.1, 0.15) is 31.2 Å². The minimum absolute atomic E-state index is 0.158. The maximum atomic E-state index is 13.8. The quantitative estimate of drug-likeness (QED) is 0.148. The highest BCUT2D eigenvalue weighted by Gasteiger charge is 2.33. The van der Waals surface area contributed by atoms with E-state index in [1.165, 1.54) is 17.7 Å². The molecule has 4 aromatic rings. The topological polar surface area (TPSA) is 126 Å². The summed E-state index contributed by atoms with van der Waals surface area (Å²) in [7, 11) is 1.54. The van der Waals surface area contributed by atoms with Crippen molar-refractivity contribution in [2.75, 3.05) is 13.7 Å². The molecule has 5 rings (SSSR count). The SMILES string of the molecule is CCOC(=O)C1=C(C)N=c2s/c(=C\c3ccc(-c4cc(Cl)c(Br)c([N+](=O)[O-])c4)o3)c(=O)n2[C@H]1c1cccc(OC)c1. The van der Waals surface area contributed by atoms with E-state index >= 15 is 0 Å². The number of furan rings is 1. The predicted octanol–water partition coefficient (Wildman–Crippen LogP) is 5.39. The molecule has 0 aliphatic carbocycles. The summed E-state index contributed by atoms with van der Waals surface area (Å²) in [5.74, 6) is 0.676. The molecule has 0 bridgehead atoms. The number of thiazole rings is 1. The Labute approximate surface area is 250 Å². The van der Waals surface area contributed by atoms with E-state index < -0.39 is 16.9 Å². The predicted molar refractivity (Wildman–Crippen MR) is 157 cm³/mol. The zero-order valence-corrected chi connectivity index (χ0v) is 25.0. The van der Waals surface area contributed by atoms with Crippen LogP contribution in [0.2, 0.25) is 5.02 Å². The molecule has 2 aromatic heterocycles. The number of allylic oxidation sites excluding steroid dienone is 1. The fourth-order valence-corrected chi connectivity index (χ4v) is 6.10. The lowest BCUT2D eigenvalue weighted by atomic mass is 9.95. The van der Waals surface area contributed by atoms with E-state index in [1.54, 1.807) is 56.3 Å². The zero-order valence-electron chi connectivity index (χ0n) is 21.8. The van der Waals surface area contributed by atoms with Crippen LogP contribution in [0.15, 0.2) is 78.5 Å². The van der Waals surface area contributed by atoms with Gasteiger partial charge in [0.15, 0.2) is 4.80 Å². The van der Waals surface area contributed by atoms with E-state index in [0.717, 1.165) is 11.3 Å². The molecule has 1 atom stereocenters. The summed E-state index contributed by atoms with van der Waals surface area (Å²) in [4.78, 5) is 42.7. The standard InChI is InChI=1S/C28H21BrClN3O7S/c1-4-39-27(35)23-14(2)31-28-32(25(23)15-6-5-7-17(10-15)38-3)26(34)22(41-28)13-18-8-9-21(40-18)16-11-19(30)24(29)20(12-16)33(36)37/h5-13,25H,4H2,1-3H3/b22-13-/t25-/m0/s1. The van der Waals surface area contributed by atoms with E-state index in [4.69, 9.17) is 25.5 Å². The number of hydrogen-bond acceptors (Lipinski definition) is 9. The van der Waals surface area contributed by atoms with Crippen LogP contribution >= 0.6 is 38.9 Å². The maximum absolute atomic E-state index is 13.8. The van der Waals surface area contributed by atoms with Gasteiger partial charge in [0, 0.05) is 17.7 Å². The third-order valence-electron chi connectivity index (χ3n) is 6.32. The first-order valence-corrected chi connectivity index (χ1v) is 14.2. The average Bonchev–Trinajstić information content (AvgIpc) is 3.53. The Kier molecular flexibility index (Phi) is 7.98. The van der Waals surface area contributed by atoms with Gasteiger partial charge in [-0.1, -0.05) is 35.1 Å². The number of fused-ring (bicyclic) bond motifs is 1. The van der Waals surface area contributed by atoms with Gasteiger partial charge < -0.3 is 13.9 Å². The fraction of sp³-hybridized carbons (Fsp3) is 0.179. The van der Waals surface area contributed by atoms with Crippen molar-refractivity contribution in [3.05, 3.63) is 110 Å². The number of carbonyl (C=O) groups excluding carboxylic acids is 1. The Hall–Kier alpha value is -4.00. The molecule has 0 fully saturated rings. The van der Waals surface area contributed by atoms with Gasteiger partial charge in [-0.15, -0.1) is 0 Å². The Bertz CT molecular complexity index is 1920.